The van der Waals surface area contributed by atoms with Crippen LogP contribution in [0, 0.1) is 18.2 Å². The predicted molar refractivity (Wildman–Crippen MR) is 126 cm³/mol. The molecule has 2 aliphatic heterocycles. The van der Waals surface area contributed by atoms with Crippen molar-refractivity contribution in [1.29, 1.82) is 0 Å². The van der Waals surface area contributed by atoms with E-state index >= 15 is 0 Å². The quantitative estimate of drug-likeness (QED) is 0.605. The van der Waals surface area contributed by atoms with Crippen LogP contribution in [0.3, 0.4) is 0 Å². The summed E-state index contributed by atoms with van der Waals surface area (Å²) in [6.07, 6.45) is 5.58. The number of nitrogens with one attached hydrogen (secondary N) is 1. The van der Waals surface area contributed by atoms with Crippen LogP contribution in [0.15, 0.2) is 36.4 Å². The Hall–Kier alpha value is -2.60. The molecule has 2 aromatic carbocycles. The molecule has 2 aromatic rings. The van der Waals surface area contributed by atoms with Crippen molar-refractivity contribution in [2.45, 2.75) is 45.4 Å². The summed E-state index contributed by atoms with van der Waals surface area (Å²) < 4.78 is 19.9. The van der Waals surface area contributed by atoms with Crippen LogP contribution in [0.2, 0.25) is 5.02 Å². The zero-order valence-electron chi connectivity index (χ0n) is 19.0. The lowest BCUT2D eigenvalue weighted by atomic mass is 9.75. The minimum absolute atomic E-state index is 0.157. The van der Waals surface area contributed by atoms with Gasteiger partial charge in [-0.25, -0.2) is 4.39 Å². The normalized spacial score (nSPS) is 21.9. The number of rotatable bonds is 1. The first-order chi connectivity index (χ1) is 15.9. The van der Waals surface area contributed by atoms with Crippen molar-refractivity contribution in [3.8, 4) is 5.75 Å². The molecule has 1 saturated heterocycles. The molecule has 1 N–H and O–H groups in total. The van der Waals surface area contributed by atoms with Gasteiger partial charge < -0.3 is 15.0 Å². The van der Waals surface area contributed by atoms with Crippen molar-refractivity contribution in [3.05, 3.63) is 63.9 Å². The fourth-order valence-electron chi connectivity index (χ4n) is 4.86. The minimum atomic E-state index is -0.370. The molecular weight excluding hydrogens is 443 g/mol. The Morgan fingerprint density at radius 1 is 1.12 bits per heavy atom. The van der Waals surface area contributed by atoms with Gasteiger partial charge in [0, 0.05) is 35.6 Å². The van der Waals surface area contributed by atoms with E-state index in [0.717, 1.165) is 38.5 Å². The van der Waals surface area contributed by atoms with Gasteiger partial charge in [-0.05, 0) is 68.5 Å². The van der Waals surface area contributed by atoms with Gasteiger partial charge in [0.2, 0.25) is 0 Å². The van der Waals surface area contributed by atoms with Crippen LogP contribution in [0.5, 0.6) is 5.75 Å². The Labute approximate surface area is 199 Å². The molecule has 33 heavy (non-hydrogen) atoms. The summed E-state index contributed by atoms with van der Waals surface area (Å²) in [7, 11) is 0. The summed E-state index contributed by atoms with van der Waals surface area (Å²) in [5, 5.41) is 3.57. The molecule has 1 atom stereocenters. The molecular formula is C26H30ClFN2O3. The number of carbonyl (C=O) groups excluding carboxylic acids is 2. The summed E-state index contributed by atoms with van der Waals surface area (Å²) >= 11 is 6.14. The van der Waals surface area contributed by atoms with Gasteiger partial charge in [-0.2, -0.15) is 0 Å². The lowest BCUT2D eigenvalue weighted by Crippen LogP contribution is -2.51. The number of carbonyl (C=O) groups is 2. The van der Waals surface area contributed by atoms with Crippen LogP contribution in [-0.4, -0.2) is 43.0 Å². The second kappa shape index (κ2) is 10.1. The van der Waals surface area contributed by atoms with E-state index in [4.69, 9.17) is 16.3 Å². The standard InChI is InChI=1S/C26H30ClFN2O3/c1-18-6-7-19(14-22(18)28)25(32)30-12-5-11-26(17-30)10-3-2-4-13-33-23-9-8-20(27)15-21(23)24(31)29-16-26/h6-9,14-15H,2-5,10-13,16-17H2,1H3,(H,29,31). The highest BCUT2D eigenvalue weighted by atomic mass is 35.5. The first kappa shape index (κ1) is 23.6. The third-order valence-corrected chi connectivity index (χ3v) is 7.02. The highest BCUT2D eigenvalue weighted by Crippen LogP contribution is 2.36. The smallest absolute Gasteiger partial charge is 0.255 e. The maximum atomic E-state index is 14.1. The third kappa shape index (κ3) is 5.49. The summed E-state index contributed by atoms with van der Waals surface area (Å²) in [5.41, 5.74) is 1.10. The average Bonchev–Trinajstić information content (AvgIpc) is 2.81. The maximum Gasteiger partial charge on any atom is 0.255 e. The van der Waals surface area contributed by atoms with E-state index in [1.54, 1.807) is 37.3 Å². The Bertz CT molecular complexity index is 1040. The number of aryl methyl sites for hydroxylation is 1. The molecule has 5 nitrogen and oxygen atoms in total. The Kier molecular flexibility index (Phi) is 7.23. The number of hydrogen-bond acceptors (Lipinski definition) is 3. The lowest BCUT2D eigenvalue weighted by molar-refractivity contribution is 0.0468. The topological polar surface area (TPSA) is 58.6 Å². The molecule has 1 unspecified atom stereocenters. The summed E-state index contributed by atoms with van der Waals surface area (Å²) in [5.74, 6) is -0.216. The lowest BCUT2D eigenvalue weighted by Gasteiger charge is -2.43. The Morgan fingerprint density at radius 2 is 1.94 bits per heavy atom. The van der Waals surface area contributed by atoms with Crippen molar-refractivity contribution >= 4 is 23.4 Å². The van der Waals surface area contributed by atoms with E-state index < -0.39 is 0 Å². The van der Waals surface area contributed by atoms with Gasteiger partial charge in [-0.1, -0.05) is 30.5 Å². The van der Waals surface area contributed by atoms with Gasteiger partial charge in [0.1, 0.15) is 11.6 Å². The molecule has 4 rings (SSSR count). The van der Waals surface area contributed by atoms with Crippen molar-refractivity contribution in [3.63, 3.8) is 0 Å². The Morgan fingerprint density at radius 3 is 2.76 bits per heavy atom. The van der Waals surface area contributed by atoms with Crippen LogP contribution in [0.4, 0.5) is 4.39 Å². The number of benzene rings is 2. The molecule has 0 aromatic heterocycles. The van der Waals surface area contributed by atoms with Gasteiger partial charge in [-0.3, -0.25) is 9.59 Å². The second-order valence-corrected chi connectivity index (χ2v) is 9.71. The van der Waals surface area contributed by atoms with Crippen LogP contribution < -0.4 is 10.1 Å². The number of nitrogens with zero attached hydrogens (tertiary/aromatic N) is 1. The van der Waals surface area contributed by atoms with Crippen LogP contribution in [0.1, 0.15) is 64.8 Å². The first-order valence-corrected chi connectivity index (χ1v) is 12.0. The van der Waals surface area contributed by atoms with Gasteiger partial charge >= 0.3 is 0 Å². The summed E-state index contributed by atoms with van der Waals surface area (Å²) in [6.45, 7) is 3.86. The average molecular weight is 473 g/mol. The highest BCUT2D eigenvalue weighted by Gasteiger charge is 2.37. The molecule has 0 radical (unpaired) electrons. The monoisotopic (exact) mass is 472 g/mol. The molecule has 0 bridgehead atoms. The minimum Gasteiger partial charge on any atom is -0.493 e. The van der Waals surface area contributed by atoms with Gasteiger partial charge in [0.25, 0.3) is 11.8 Å². The fourth-order valence-corrected chi connectivity index (χ4v) is 5.03. The van der Waals surface area contributed by atoms with E-state index in [0.29, 0.717) is 53.7 Å². The van der Waals surface area contributed by atoms with Crippen molar-refractivity contribution < 1.29 is 18.7 Å². The zero-order valence-corrected chi connectivity index (χ0v) is 19.7. The van der Waals surface area contributed by atoms with Crippen LogP contribution in [-0.2, 0) is 0 Å². The van der Waals surface area contributed by atoms with Crippen molar-refractivity contribution in [2.24, 2.45) is 5.41 Å². The second-order valence-electron chi connectivity index (χ2n) is 9.28. The van der Waals surface area contributed by atoms with Gasteiger partial charge in [0.15, 0.2) is 0 Å². The fraction of sp³-hybridized carbons (Fsp3) is 0.462. The third-order valence-electron chi connectivity index (χ3n) is 6.79. The number of hydrogen-bond donors (Lipinski definition) is 1. The molecule has 2 amide bonds. The summed E-state index contributed by atoms with van der Waals surface area (Å²) in [4.78, 5) is 28.0. The number of halogens is 2. The molecule has 2 aliphatic rings. The van der Waals surface area contributed by atoms with Gasteiger partial charge in [0.05, 0.1) is 12.2 Å². The first-order valence-electron chi connectivity index (χ1n) is 11.6. The van der Waals surface area contributed by atoms with Crippen molar-refractivity contribution in [1.82, 2.24) is 10.2 Å². The van der Waals surface area contributed by atoms with E-state index in [9.17, 15) is 14.0 Å². The number of piperidine rings is 1. The number of ether oxygens (including phenoxy) is 1. The molecule has 0 saturated carbocycles. The van der Waals surface area contributed by atoms with E-state index in [-0.39, 0.29) is 23.0 Å². The zero-order chi connectivity index (χ0) is 23.4. The number of amides is 2. The van der Waals surface area contributed by atoms with E-state index in [2.05, 4.69) is 5.32 Å². The molecule has 0 aliphatic carbocycles. The maximum absolute atomic E-state index is 14.1. The van der Waals surface area contributed by atoms with E-state index in [1.165, 1.54) is 6.07 Å². The molecule has 176 valence electrons. The summed E-state index contributed by atoms with van der Waals surface area (Å²) in [6, 6.07) is 9.74. The largest absolute Gasteiger partial charge is 0.493 e. The van der Waals surface area contributed by atoms with Crippen LogP contribution >= 0.6 is 11.6 Å². The number of fused-ring (bicyclic) bond motifs is 1. The Balaban J connectivity index is 1.54. The predicted octanol–water partition coefficient (Wildman–Crippen LogP) is 5.39. The van der Waals surface area contributed by atoms with Crippen LogP contribution in [0.25, 0.3) is 0 Å². The highest BCUT2D eigenvalue weighted by molar-refractivity contribution is 6.31. The molecule has 1 spiro atoms. The van der Waals surface area contributed by atoms with Gasteiger partial charge in [-0.15, -0.1) is 0 Å². The molecule has 1 fully saturated rings. The van der Waals surface area contributed by atoms with E-state index in [1.807, 2.05) is 4.90 Å². The van der Waals surface area contributed by atoms with Crippen molar-refractivity contribution in [2.75, 3.05) is 26.2 Å². The molecule has 2 heterocycles. The molecule has 7 heteroatoms. The SMILES string of the molecule is Cc1ccc(C(=O)N2CCCC3(CCCCCOc4ccc(Cl)cc4C(=O)NC3)C2)cc1F. The number of likely N-dealkylation sites (tertiary alicyclic amines) is 1.